The summed E-state index contributed by atoms with van der Waals surface area (Å²) >= 11 is 6.11. The van der Waals surface area contributed by atoms with Crippen LogP contribution in [0.15, 0.2) is 77.7 Å². The average molecular weight is 439 g/mol. The summed E-state index contributed by atoms with van der Waals surface area (Å²) in [5.41, 5.74) is 1.63. The molecular formula is C23H19ClN2O3S. The second kappa shape index (κ2) is 6.67. The third-order valence-electron chi connectivity index (χ3n) is 5.91. The number of nitrogens with zero attached hydrogens (tertiary/aromatic N) is 2. The predicted octanol–water partition coefficient (Wildman–Crippen LogP) is 4.01. The summed E-state index contributed by atoms with van der Waals surface area (Å²) in [6.07, 6.45) is 0. The lowest BCUT2D eigenvalue weighted by molar-refractivity contribution is 0.0618. The molecule has 152 valence electrons. The monoisotopic (exact) mass is 438 g/mol. The maximum Gasteiger partial charge on any atom is 0.256 e. The van der Waals surface area contributed by atoms with Crippen LogP contribution in [0.2, 0.25) is 5.02 Å². The van der Waals surface area contributed by atoms with Crippen LogP contribution in [0.3, 0.4) is 0 Å². The third kappa shape index (κ3) is 2.51. The van der Waals surface area contributed by atoms with Gasteiger partial charge < -0.3 is 4.90 Å². The lowest BCUT2D eigenvalue weighted by atomic mass is 9.91. The number of benzene rings is 3. The lowest BCUT2D eigenvalue weighted by Gasteiger charge is -2.39. The zero-order chi connectivity index (χ0) is 21.1. The molecule has 0 radical (unpaired) electrons. The van der Waals surface area contributed by atoms with Gasteiger partial charge in [-0.1, -0.05) is 59.6 Å². The first-order valence-electron chi connectivity index (χ1n) is 9.64. The molecule has 0 aliphatic carbocycles. The van der Waals surface area contributed by atoms with Gasteiger partial charge in [-0.15, -0.1) is 0 Å². The van der Waals surface area contributed by atoms with Crippen molar-refractivity contribution in [2.45, 2.75) is 17.5 Å². The van der Waals surface area contributed by atoms with Gasteiger partial charge in [0.15, 0.2) is 5.66 Å². The van der Waals surface area contributed by atoms with E-state index in [1.165, 1.54) is 4.31 Å². The van der Waals surface area contributed by atoms with Crippen molar-refractivity contribution in [2.24, 2.45) is 0 Å². The van der Waals surface area contributed by atoms with Crippen LogP contribution in [0.25, 0.3) is 0 Å². The van der Waals surface area contributed by atoms with Gasteiger partial charge in [0.25, 0.3) is 5.91 Å². The van der Waals surface area contributed by atoms with Crippen LogP contribution in [-0.2, 0) is 15.7 Å². The Morgan fingerprint density at radius 1 is 0.900 bits per heavy atom. The molecule has 7 heteroatoms. The topological polar surface area (TPSA) is 57.7 Å². The van der Waals surface area contributed by atoms with Gasteiger partial charge in [-0.3, -0.25) is 4.79 Å². The summed E-state index contributed by atoms with van der Waals surface area (Å²) in [6, 6.07) is 21.1. The van der Waals surface area contributed by atoms with E-state index in [2.05, 4.69) is 0 Å². The normalized spacial score (nSPS) is 21.0. The first-order chi connectivity index (χ1) is 14.4. The summed E-state index contributed by atoms with van der Waals surface area (Å²) in [5.74, 6) is -0.165. The van der Waals surface area contributed by atoms with Gasteiger partial charge >= 0.3 is 0 Å². The van der Waals surface area contributed by atoms with Crippen LogP contribution in [0.5, 0.6) is 0 Å². The standard InChI is InChI=1S/C23H19ClN2O3S/c1-16-6-12-19(13-7-16)30(28,29)26-15-14-25-22(27)20-4-2-3-5-21(20)23(25,26)17-8-10-18(24)11-9-17/h2-13H,14-15H2,1H3. The smallest absolute Gasteiger partial charge is 0.256 e. The molecule has 0 N–H and O–H groups in total. The fourth-order valence-corrected chi connectivity index (χ4v) is 6.40. The van der Waals surface area contributed by atoms with Crippen molar-refractivity contribution in [1.29, 1.82) is 0 Å². The molecule has 1 atom stereocenters. The van der Waals surface area contributed by atoms with Crippen molar-refractivity contribution in [3.05, 3.63) is 100 Å². The minimum Gasteiger partial charge on any atom is -0.310 e. The Bertz CT molecular complexity index is 1260. The first-order valence-corrected chi connectivity index (χ1v) is 11.5. The minimum absolute atomic E-state index is 0.165. The van der Waals surface area contributed by atoms with Crippen LogP contribution in [-0.4, -0.2) is 36.6 Å². The number of sulfonamides is 1. The van der Waals surface area contributed by atoms with E-state index in [0.29, 0.717) is 28.3 Å². The number of aryl methyl sites for hydroxylation is 1. The van der Waals surface area contributed by atoms with E-state index in [4.69, 9.17) is 11.6 Å². The van der Waals surface area contributed by atoms with Gasteiger partial charge in [-0.05, 0) is 42.8 Å². The number of hydrogen-bond donors (Lipinski definition) is 0. The van der Waals surface area contributed by atoms with E-state index in [9.17, 15) is 13.2 Å². The van der Waals surface area contributed by atoms with Gasteiger partial charge in [0, 0.05) is 29.2 Å². The minimum atomic E-state index is -3.89. The number of rotatable bonds is 3. The summed E-state index contributed by atoms with van der Waals surface area (Å²) in [4.78, 5) is 15.1. The van der Waals surface area contributed by atoms with Crippen LogP contribution in [0.4, 0.5) is 0 Å². The molecule has 0 saturated carbocycles. The van der Waals surface area contributed by atoms with Crippen LogP contribution >= 0.6 is 11.6 Å². The lowest BCUT2D eigenvalue weighted by Crippen LogP contribution is -2.51. The molecule has 0 aromatic heterocycles. The molecule has 30 heavy (non-hydrogen) atoms. The van der Waals surface area contributed by atoms with Crippen molar-refractivity contribution in [3.8, 4) is 0 Å². The molecule has 2 aliphatic heterocycles. The van der Waals surface area contributed by atoms with Crippen molar-refractivity contribution < 1.29 is 13.2 Å². The molecule has 3 aromatic rings. The van der Waals surface area contributed by atoms with Crippen molar-refractivity contribution >= 4 is 27.5 Å². The summed E-state index contributed by atoms with van der Waals surface area (Å²) < 4.78 is 29.1. The Labute approximate surface area is 180 Å². The number of carbonyl (C=O) groups excluding carboxylic acids is 1. The highest BCUT2D eigenvalue weighted by Gasteiger charge is 2.61. The highest BCUT2D eigenvalue weighted by Crippen LogP contribution is 2.51. The number of hydrogen-bond acceptors (Lipinski definition) is 3. The van der Waals surface area contributed by atoms with E-state index in [0.717, 1.165) is 5.56 Å². The molecule has 1 amide bonds. The largest absolute Gasteiger partial charge is 0.310 e. The van der Waals surface area contributed by atoms with E-state index < -0.39 is 15.7 Å². The summed E-state index contributed by atoms with van der Waals surface area (Å²) in [6.45, 7) is 2.43. The molecule has 0 bridgehead atoms. The van der Waals surface area contributed by atoms with E-state index in [1.54, 1.807) is 65.6 Å². The second-order valence-corrected chi connectivity index (χ2v) is 9.87. The predicted molar refractivity (Wildman–Crippen MR) is 115 cm³/mol. The molecule has 2 heterocycles. The fraction of sp³-hybridized carbons (Fsp3) is 0.174. The molecule has 1 saturated heterocycles. The van der Waals surface area contributed by atoms with E-state index in [1.807, 2.05) is 19.1 Å². The number of halogens is 1. The zero-order valence-corrected chi connectivity index (χ0v) is 17.8. The van der Waals surface area contributed by atoms with Crippen LogP contribution < -0.4 is 0 Å². The number of amides is 1. The third-order valence-corrected chi connectivity index (χ3v) is 8.06. The number of carbonyl (C=O) groups is 1. The Balaban J connectivity index is 1.79. The Kier molecular flexibility index (Phi) is 4.29. The highest BCUT2D eigenvalue weighted by atomic mass is 35.5. The highest BCUT2D eigenvalue weighted by molar-refractivity contribution is 7.89. The van der Waals surface area contributed by atoms with Gasteiger partial charge in [0.2, 0.25) is 10.0 Å². The quantitative estimate of drug-likeness (QED) is 0.620. The van der Waals surface area contributed by atoms with Crippen molar-refractivity contribution in [2.75, 3.05) is 13.1 Å². The van der Waals surface area contributed by atoms with Crippen molar-refractivity contribution in [3.63, 3.8) is 0 Å². The Hall–Kier alpha value is -2.67. The zero-order valence-electron chi connectivity index (χ0n) is 16.2. The van der Waals surface area contributed by atoms with Gasteiger partial charge in [-0.25, -0.2) is 8.42 Å². The molecular weight excluding hydrogens is 420 g/mol. The molecule has 1 fully saturated rings. The van der Waals surface area contributed by atoms with Crippen LogP contribution in [0.1, 0.15) is 27.0 Å². The molecule has 3 aromatic carbocycles. The molecule has 5 nitrogen and oxygen atoms in total. The Morgan fingerprint density at radius 3 is 2.27 bits per heavy atom. The maximum absolute atomic E-state index is 13.8. The SMILES string of the molecule is Cc1ccc(S(=O)(=O)N2CCN3C(=O)c4ccccc4C32c2ccc(Cl)cc2)cc1. The first kappa shape index (κ1) is 19.3. The average Bonchev–Trinajstić information content (AvgIpc) is 3.25. The fourth-order valence-electron chi connectivity index (χ4n) is 4.57. The summed E-state index contributed by atoms with van der Waals surface area (Å²) in [5, 5.41) is 0.547. The maximum atomic E-state index is 13.8. The second-order valence-electron chi connectivity index (χ2n) is 7.57. The van der Waals surface area contributed by atoms with Gasteiger partial charge in [-0.2, -0.15) is 4.31 Å². The van der Waals surface area contributed by atoms with E-state index >= 15 is 0 Å². The number of fused-ring (bicyclic) bond motifs is 3. The molecule has 2 aliphatic rings. The summed E-state index contributed by atoms with van der Waals surface area (Å²) in [7, 11) is -3.89. The molecule has 5 rings (SSSR count). The van der Waals surface area contributed by atoms with Gasteiger partial charge in [0.1, 0.15) is 0 Å². The Morgan fingerprint density at radius 2 is 1.57 bits per heavy atom. The molecule has 0 spiro atoms. The van der Waals surface area contributed by atoms with Crippen LogP contribution in [0, 0.1) is 6.92 Å². The van der Waals surface area contributed by atoms with Crippen molar-refractivity contribution in [1.82, 2.24) is 9.21 Å². The van der Waals surface area contributed by atoms with E-state index in [-0.39, 0.29) is 17.3 Å². The molecule has 1 unspecified atom stereocenters. The van der Waals surface area contributed by atoms with Gasteiger partial charge in [0.05, 0.1) is 4.90 Å².